The van der Waals surface area contributed by atoms with Gasteiger partial charge in [0, 0.05) is 12.1 Å². The third kappa shape index (κ3) is 6.06. The molecule has 0 unspecified atom stereocenters. The van der Waals surface area contributed by atoms with Crippen molar-refractivity contribution in [2.24, 2.45) is 5.73 Å². The number of unbranched alkanes of at least 4 members (excludes halogenated alkanes) is 6. The fourth-order valence-electron chi connectivity index (χ4n) is 2.05. The minimum atomic E-state index is 0.549. The van der Waals surface area contributed by atoms with E-state index in [0.717, 1.165) is 24.3 Å². The van der Waals surface area contributed by atoms with Gasteiger partial charge in [-0.2, -0.15) is 0 Å². The van der Waals surface area contributed by atoms with E-state index in [4.69, 9.17) is 10.5 Å². The van der Waals surface area contributed by atoms with Crippen LogP contribution in [0.15, 0.2) is 24.3 Å². The highest BCUT2D eigenvalue weighted by Gasteiger charge is 2.00. The van der Waals surface area contributed by atoms with Gasteiger partial charge in [-0.3, -0.25) is 0 Å². The van der Waals surface area contributed by atoms with Crippen LogP contribution in [0.1, 0.15) is 57.4 Å². The Morgan fingerprint density at radius 3 is 2.33 bits per heavy atom. The molecule has 2 nitrogen and oxygen atoms in total. The Balaban J connectivity index is 2.07. The van der Waals surface area contributed by atoms with E-state index in [9.17, 15) is 0 Å². The number of nitrogens with two attached hydrogens (primary N) is 1. The van der Waals surface area contributed by atoms with Crippen LogP contribution in [0.3, 0.4) is 0 Å². The number of ether oxygens (including phenoxy) is 1. The van der Waals surface area contributed by atoms with E-state index in [0.29, 0.717) is 6.54 Å². The molecule has 0 bridgehead atoms. The van der Waals surface area contributed by atoms with Crippen LogP contribution in [0.5, 0.6) is 5.75 Å². The Kier molecular flexibility index (Phi) is 8.32. The summed E-state index contributed by atoms with van der Waals surface area (Å²) in [6.45, 7) is 3.61. The average Bonchev–Trinajstić information content (AvgIpc) is 2.42. The molecule has 1 aromatic rings. The van der Waals surface area contributed by atoms with Crippen molar-refractivity contribution in [2.75, 3.05) is 6.61 Å². The molecule has 0 amide bonds. The third-order valence-corrected chi connectivity index (χ3v) is 3.20. The number of para-hydroxylation sites is 1. The topological polar surface area (TPSA) is 35.2 Å². The van der Waals surface area contributed by atoms with Crippen LogP contribution in [0, 0.1) is 0 Å². The van der Waals surface area contributed by atoms with Gasteiger partial charge in [0.2, 0.25) is 0 Å². The average molecular weight is 249 g/mol. The Morgan fingerprint density at radius 2 is 1.61 bits per heavy atom. The Labute approximate surface area is 112 Å². The van der Waals surface area contributed by atoms with E-state index in [1.54, 1.807) is 0 Å². The monoisotopic (exact) mass is 249 g/mol. The van der Waals surface area contributed by atoms with Gasteiger partial charge >= 0.3 is 0 Å². The highest BCUT2D eigenvalue weighted by molar-refractivity contribution is 5.32. The maximum atomic E-state index is 5.78. The zero-order chi connectivity index (χ0) is 13.1. The molecule has 2 heteroatoms. The van der Waals surface area contributed by atoms with E-state index in [1.807, 2.05) is 24.3 Å². The fraction of sp³-hybridized carbons (Fsp3) is 0.625. The van der Waals surface area contributed by atoms with Gasteiger partial charge in [-0.05, 0) is 12.5 Å². The van der Waals surface area contributed by atoms with E-state index in [1.165, 1.54) is 38.5 Å². The van der Waals surface area contributed by atoms with Gasteiger partial charge in [-0.25, -0.2) is 0 Å². The smallest absolute Gasteiger partial charge is 0.123 e. The van der Waals surface area contributed by atoms with E-state index < -0.39 is 0 Å². The molecule has 0 saturated heterocycles. The first-order valence-electron chi connectivity index (χ1n) is 7.29. The maximum Gasteiger partial charge on any atom is 0.123 e. The van der Waals surface area contributed by atoms with Crippen LogP contribution < -0.4 is 10.5 Å². The molecule has 0 saturated carbocycles. The number of hydrogen-bond donors (Lipinski definition) is 1. The summed E-state index contributed by atoms with van der Waals surface area (Å²) >= 11 is 0. The second-order valence-corrected chi connectivity index (χ2v) is 4.78. The fourth-order valence-corrected chi connectivity index (χ4v) is 2.05. The van der Waals surface area contributed by atoms with Crippen molar-refractivity contribution in [3.63, 3.8) is 0 Å². The molecule has 2 N–H and O–H groups in total. The molecule has 0 aromatic heterocycles. The number of hydrogen-bond acceptors (Lipinski definition) is 2. The van der Waals surface area contributed by atoms with Crippen molar-refractivity contribution in [1.29, 1.82) is 0 Å². The highest BCUT2D eigenvalue weighted by Crippen LogP contribution is 2.17. The summed E-state index contributed by atoms with van der Waals surface area (Å²) in [5.74, 6) is 0.950. The summed E-state index contributed by atoms with van der Waals surface area (Å²) in [6.07, 6.45) is 9.20. The zero-order valence-corrected chi connectivity index (χ0v) is 11.7. The summed E-state index contributed by atoms with van der Waals surface area (Å²) in [4.78, 5) is 0. The second kappa shape index (κ2) is 9.95. The third-order valence-electron chi connectivity index (χ3n) is 3.20. The van der Waals surface area contributed by atoms with E-state index in [2.05, 4.69) is 6.92 Å². The molecular formula is C16H27NO. The van der Waals surface area contributed by atoms with E-state index in [-0.39, 0.29) is 0 Å². The Hall–Kier alpha value is -1.02. The molecular weight excluding hydrogens is 222 g/mol. The van der Waals surface area contributed by atoms with Gasteiger partial charge < -0.3 is 10.5 Å². The van der Waals surface area contributed by atoms with Crippen LogP contribution in [-0.4, -0.2) is 6.61 Å². The predicted octanol–water partition coefficient (Wildman–Crippen LogP) is 4.27. The number of benzene rings is 1. The molecule has 0 fully saturated rings. The van der Waals surface area contributed by atoms with Crippen molar-refractivity contribution < 1.29 is 4.74 Å². The lowest BCUT2D eigenvalue weighted by molar-refractivity contribution is 0.301. The lowest BCUT2D eigenvalue weighted by Crippen LogP contribution is -2.03. The van der Waals surface area contributed by atoms with Gasteiger partial charge in [0.25, 0.3) is 0 Å². The van der Waals surface area contributed by atoms with Gasteiger partial charge in [0.15, 0.2) is 0 Å². The van der Waals surface area contributed by atoms with Crippen molar-refractivity contribution >= 4 is 0 Å². The van der Waals surface area contributed by atoms with Crippen molar-refractivity contribution in [1.82, 2.24) is 0 Å². The molecule has 0 spiro atoms. The zero-order valence-electron chi connectivity index (χ0n) is 11.7. The normalized spacial score (nSPS) is 10.6. The van der Waals surface area contributed by atoms with Crippen molar-refractivity contribution in [2.45, 2.75) is 58.4 Å². The minimum absolute atomic E-state index is 0.549. The molecule has 0 aliphatic carbocycles. The first kappa shape index (κ1) is 15.0. The molecule has 0 radical (unpaired) electrons. The summed E-state index contributed by atoms with van der Waals surface area (Å²) in [5.41, 5.74) is 6.77. The summed E-state index contributed by atoms with van der Waals surface area (Å²) in [7, 11) is 0. The summed E-state index contributed by atoms with van der Waals surface area (Å²) in [6, 6.07) is 8.03. The van der Waals surface area contributed by atoms with Crippen LogP contribution in [0.25, 0.3) is 0 Å². The predicted molar refractivity (Wildman–Crippen MR) is 77.8 cm³/mol. The van der Waals surface area contributed by atoms with Crippen molar-refractivity contribution in [3.05, 3.63) is 29.8 Å². The van der Waals surface area contributed by atoms with Gasteiger partial charge in [0.1, 0.15) is 5.75 Å². The lowest BCUT2D eigenvalue weighted by Gasteiger charge is -2.09. The molecule has 0 heterocycles. The largest absolute Gasteiger partial charge is 0.493 e. The van der Waals surface area contributed by atoms with Crippen LogP contribution >= 0.6 is 0 Å². The SMILES string of the molecule is CCCCCCCCCOc1ccccc1CN. The molecule has 0 aliphatic heterocycles. The molecule has 1 rings (SSSR count). The molecule has 0 atom stereocenters. The molecule has 1 aromatic carbocycles. The van der Waals surface area contributed by atoms with Gasteiger partial charge in [-0.1, -0.05) is 63.6 Å². The summed E-state index contributed by atoms with van der Waals surface area (Å²) < 4.78 is 5.78. The first-order chi connectivity index (χ1) is 8.88. The van der Waals surface area contributed by atoms with Crippen molar-refractivity contribution in [3.8, 4) is 5.75 Å². The molecule has 18 heavy (non-hydrogen) atoms. The Morgan fingerprint density at radius 1 is 0.944 bits per heavy atom. The molecule has 102 valence electrons. The quantitative estimate of drug-likeness (QED) is 0.628. The van der Waals surface area contributed by atoms with Gasteiger partial charge in [-0.15, -0.1) is 0 Å². The highest BCUT2D eigenvalue weighted by atomic mass is 16.5. The van der Waals surface area contributed by atoms with Crippen LogP contribution in [0.4, 0.5) is 0 Å². The van der Waals surface area contributed by atoms with Crippen LogP contribution in [-0.2, 0) is 6.54 Å². The number of rotatable bonds is 10. The van der Waals surface area contributed by atoms with E-state index >= 15 is 0 Å². The second-order valence-electron chi connectivity index (χ2n) is 4.78. The first-order valence-corrected chi connectivity index (χ1v) is 7.29. The standard InChI is InChI=1S/C16H27NO/c1-2-3-4-5-6-7-10-13-18-16-12-9-8-11-15(16)14-17/h8-9,11-12H,2-7,10,13-14,17H2,1H3. The lowest BCUT2D eigenvalue weighted by atomic mass is 10.1. The Bertz CT molecular complexity index is 312. The molecule has 0 aliphatic rings. The van der Waals surface area contributed by atoms with Gasteiger partial charge in [0.05, 0.1) is 6.61 Å². The van der Waals surface area contributed by atoms with Crippen LogP contribution in [0.2, 0.25) is 0 Å². The maximum absolute atomic E-state index is 5.78. The summed E-state index contributed by atoms with van der Waals surface area (Å²) in [5, 5.41) is 0. The minimum Gasteiger partial charge on any atom is -0.493 e.